The van der Waals surface area contributed by atoms with Gasteiger partial charge in [-0.1, -0.05) is 42.5 Å². The van der Waals surface area contributed by atoms with Gasteiger partial charge in [0.2, 0.25) is 15.9 Å². The molecule has 2 aliphatic heterocycles. The van der Waals surface area contributed by atoms with Crippen molar-refractivity contribution >= 4 is 33.6 Å². The van der Waals surface area contributed by atoms with E-state index in [1.54, 1.807) is 34.1 Å². The first kappa shape index (κ1) is 21.3. The van der Waals surface area contributed by atoms with E-state index in [1.807, 2.05) is 36.4 Å². The van der Waals surface area contributed by atoms with Gasteiger partial charge in [-0.2, -0.15) is 4.31 Å². The van der Waals surface area contributed by atoms with Crippen LogP contribution in [0, 0.1) is 0 Å². The molecule has 0 saturated carbocycles. The summed E-state index contributed by atoms with van der Waals surface area (Å²) in [6.07, 6.45) is 2.86. The minimum Gasteiger partial charge on any atom is -0.336 e. The standard InChI is InChI=1S/C23H25N3O4S/c27-22-11-6-13-26(22)21-10-5-4-9-20(21)23(28)24-14-16-25(17-15-24)31(29,30)18-12-19-7-2-1-3-8-19/h1-5,7-10,12,18H,6,11,13-17H2. The summed E-state index contributed by atoms with van der Waals surface area (Å²) < 4.78 is 26.7. The van der Waals surface area contributed by atoms with E-state index in [0.29, 0.717) is 37.3 Å². The molecule has 162 valence electrons. The van der Waals surface area contributed by atoms with Crippen molar-refractivity contribution in [3.8, 4) is 0 Å². The van der Waals surface area contributed by atoms with Gasteiger partial charge in [-0.15, -0.1) is 0 Å². The number of carbonyl (C=O) groups is 2. The Morgan fingerprint density at radius 2 is 1.55 bits per heavy atom. The van der Waals surface area contributed by atoms with Crippen LogP contribution in [-0.4, -0.2) is 62.2 Å². The lowest BCUT2D eigenvalue weighted by Crippen LogP contribution is -2.50. The largest absolute Gasteiger partial charge is 0.336 e. The second-order valence-electron chi connectivity index (χ2n) is 7.62. The van der Waals surface area contributed by atoms with E-state index in [2.05, 4.69) is 0 Å². The highest BCUT2D eigenvalue weighted by molar-refractivity contribution is 7.92. The lowest BCUT2D eigenvalue weighted by Gasteiger charge is -2.34. The van der Waals surface area contributed by atoms with Crippen LogP contribution in [0.5, 0.6) is 0 Å². The molecular formula is C23H25N3O4S. The van der Waals surface area contributed by atoms with Gasteiger partial charge in [0.05, 0.1) is 11.3 Å². The molecular weight excluding hydrogens is 414 g/mol. The molecule has 0 aliphatic carbocycles. The molecule has 0 bridgehead atoms. The minimum absolute atomic E-state index is 0.0290. The van der Waals surface area contributed by atoms with Gasteiger partial charge in [0.25, 0.3) is 5.91 Å². The topological polar surface area (TPSA) is 78.0 Å². The third-order valence-electron chi connectivity index (χ3n) is 5.62. The fraction of sp³-hybridized carbons (Fsp3) is 0.304. The number of benzene rings is 2. The highest BCUT2D eigenvalue weighted by Crippen LogP contribution is 2.27. The van der Waals surface area contributed by atoms with Crippen LogP contribution < -0.4 is 4.90 Å². The zero-order valence-corrected chi connectivity index (χ0v) is 18.0. The van der Waals surface area contributed by atoms with E-state index in [9.17, 15) is 18.0 Å². The molecule has 2 aromatic rings. The Kier molecular flexibility index (Phi) is 6.20. The number of nitrogens with zero attached hydrogens (tertiary/aromatic N) is 3. The monoisotopic (exact) mass is 439 g/mol. The van der Waals surface area contributed by atoms with Crippen molar-refractivity contribution in [2.45, 2.75) is 12.8 Å². The summed E-state index contributed by atoms with van der Waals surface area (Å²) in [5.74, 6) is -0.145. The van der Waals surface area contributed by atoms with Crippen molar-refractivity contribution in [1.29, 1.82) is 0 Å². The Morgan fingerprint density at radius 1 is 0.871 bits per heavy atom. The van der Waals surface area contributed by atoms with Crippen molar-refractivity contribution in [2.24, 2.45) is 0 Å². The Morgan fingerprint density at radius 3 is 2.23 bits per heavy atom. The van der Waals surface area contributed by atoms with Crippen LogP contribution in [0.25, 0.3) is 6.08 Å². The lowest BCUT2D eigenvalue weighted by molar-refractivity contribution is -0.117. The third-order valence-corrected chi connectivity index (χ3v) is 7.18. The minimum atomic E-state index is -3.56. The first-order valence-corrected chi connectivity index (χ1v) is 11.9. The van der Waals surface area contributed by atoms with E-state index in [0.717, 1.165) is 12.0 Å². The van der Waals surface area contributed by atoms with Gasteiger partial charge in [0, 0.05) is 44.6 Å². The molecule has 8 heteroatoms. The summed E-state index contributed by atoms with van der Waals surface area (Å²) in [4.78, 5) is 28.6. The van der Waals surface area contributed by atoms with E-state index in [4.69, 9.17) is 0 Å². The number of sulfonamides is 1. The normalized spacial score (nSPS) is 18.1. The van der Waals surface area contributed by atoms with E-state index in [1.165, 1.54) is 9.71 Å². The smallest absolute Gasteiger partial charge is 0.256 e. The number of carbonyl (C=O) groups excluding carboxylic acids is 2. The molecule has 0 spiro atoms. The van der Waals surface area contributed by atoms with Crippen LogP contribution in [0.4, 0.5) is 5.69 Å². The molecule has 2 aromatic carbocycles. The van der Waals surface area contributed by atoms with Crippen LogP contribution in [0.1, 0.15) is 28.8 Å². The number of hydrogen-bond donors (Lipinski definition) is 0. The van der Waals surface area contributed by atoms with E-state index >= 15 is 0 Å². The maximum atomic E-state index is 13.2. The summed E-state index contributed by atoms with van der Waals surface area (Å²) in [7, 11) is -3.56. The first-order valence-electron chi connectivity index (χ1n) is 10.4. The van der Waals surface area contributed by atoms with Gasteiger partial charge in [-0.05, 0) is 30.2 Å². The zero-order valence-electron chi connectivity index (χ0n) is 17.2. The number of hydrogen-bond acceptors (Lipinski definition) is 4. The summed E-state index contributed by atoms with van der Waals surface area (Å²) in [6, 6.07) is 16.4. The molecule has 4 rings (SSSR count). The van der Waals surface area contributed by atoms with Gasteiger partial charge in [-0.25, -0.2) is 8.42 Å². The number of rotatable bonds is 5. The molecule has 0 N–H and O–H groups in total. The molecule has 7 nitrogen and oxygen atoms in total. The predicted octanol–water partition coefficient (Wildman–Crippen LogP) is 2.57. The van der Waals surface area contributed by atoms with E-state index < -0.39 is 10.0 Å². The quantitative estimate of drug-likeness (QED) is 0.717. The summed E-state index contributed by atoms with van der Waals surface area (Å²) in [5.41, 5.74) is 1.93. The fourth-order valence-corrected chi connectivity index (χ4v) is 5.10. The predicted molar refractivity (Wildman–Crippen MR) is 120 cm³/mol. The molecule has 0 unspecified atom stereocenters. The molecule has 0 radical (unpaired) electrons. The average molecular weight is 440 g/mol. The number of anilines is 1. The molecule has 2 heterocycles. The molecule has 2 aliphatic rings. The average Bonchev–Trinajstić information content (AvgIpc) is 3.24. The van der Waals surface area contributed by atoms with Crippen LogP contribution >= 0.6 is 0 Å². The van der Waals surface area contributed by atoms with Crippen molar-refractivity contribution in [3.05, 3.63) is 71.1 Å². The molecule has 0 aromatic heterocycles. The first-order chi connectivity index (χ1) is 15.0. The Balaban J connectivity index is 1.43. The van der Waals surface area contributed by atoms with Gasteiger partial charge in [0.15, 0.2) is 0 Å². The number of amides is 2. The van der Waals surface area contributed by atoms with Crippen LogP contribution in [0.15, 0.2) is 60.0 Å². The zero-order chi connectivity index (χ0) is 21.8. The van der Waals surface area contributed by atoms with Gasteiger partial charge < -0.3 is 9.80 Å². The number of para-hydroxylation sites is 1. The maximum Gasteiger partial charge on any atom is 0.256 e. The Hall–Kier alpha value is -2.97. The van der Waals surface area contributed by atoms with Crippen molar-refractivity contribution in [2.75, 3.05) is 37.6 Å². The Labute approximate surface area is 182 Å². The van der Waals surface area contributed by atoms with Crippen molar-refractivity contribution < 1.29 is 18.0 Å². The van der Waals surface area contributed by atoms with Gasteiger partial charge in [0.1, 0.15) is 0 Å². The van der Waals surface area contributed by atoms with Crippen LogP contribution in [0.3, 0.4) is 0 Å². The second-order valence-corrected chi connectivity index (χ2v) is 9.43. The lowest BCUT2D eigenvalue weighted by atomic mass is 10.1. The van der Waals surface area contributed by atoms with Gasteiger partial charge >= 0.3 is 0 Å². The maximum absolute atomic E-state index is 13.2. The van der Waals surface area contributed by atoms with Crippen LogP contribution in [0.2, 0.25) is 0 Å². The number of piperazine rings is 1. The molecule has 31 heavy (non-hydrogen) atoms. The highest BCUT2D eigenvalue weighted by atomic mass is 32.2. The Bertz CT molecular complexity index is 1090. The van der Waals surface area contributed by atoms with Crippen molar-refractivity contribution in [3.63, 3.8) is 0 Å². The van der Waals surface area contributed by atoms with Crippen LogP contribution in [-0.2, 0) is 14.8 Å². The summed E-state index contributed by atoms with van der Waals surface area (Å²) in [5, 5.41) is 1.22. The molecule has 0 atom stereocenters. The fourth-order valence-electron chi connectivity index (χ4n) is 3.92. The van der Waals surface area contributed by atoms with E-state index in [-0.39, 0.29) is 24.9 Å². The molecule has 2 saturated heterocycles. The second kappa shape index (κ2) is 9.03. The molecule has 2 amide bonds. The molecule has 2 fully saturated rings. The summed E-state index contributed by atoms with van der Waals surface area (Å²) in [6.45, 7) is 1.69. The van der Waals surface area contributed by atoms with Crippen molar-refractivity contribution in [1.82, 2.24) is 9.21 Å². The third kappa shape index (κ3) is 4.70. The SMILES string of the molecule is O=C(c1ccccc1N1CCCC1=O)N1CCN(S(=O)(=O)C=Cc2ccccc2)CC1. The highest BCUT2D eigenvalue weighted by Gasteiger charge is 2.31. The summed E-state index contributed by atoms with van der Waals surface area (Å²) >= 11 is 0. The van der Waals surface area contributed by atoms with Gasteiger partial charge in [-0.3, -0.25) is 9.59 Å².